The van der Waals surface area contributed by atoms with Crippen LogP contribution in [0, 0.1) is 11.3 Å². The fourth-order valence-corrected chi connectivity index (χ4v) is 1.77. The molecule has 0 atom stereocenters. The van der Waals surface area contributed by atoms with Crippen LogP contribution in [0.15, 0.2) is 30.3 Å². The van der Waals surface area contributed by atoms with Gasteiger partial charge in [0.25, 0.3) is 0 Å². The molecule has 1 aliphatic rings. The average Bonchev–Trinajstić information content (AvgIpc) is 2.45. The van der Waals surface area contributed by atoms with Crippen LogP contribution in [0.25, 0.3) is 6.08 Å². The van der Waals surface area contributed by atoms with Gasteiger partial charge >= 0.3 is 0 Å². The Labute approximate surface area is 111 Å². The number of nitrogens with one attached hydrogen (secondary N) is 1. The van der Waals surface area contributed by atoms with Crippen molar-refractivity contribution >= 4 is 17.9 Å². The van der Waals surface area contributed by atoms with Crippen LogP contribution < -0.4 is 5.32 Å². The highest BCUT2D eigenvalue weighted by atomic mass is 16.2. The fraction of sp³-hybridized carbons (Fsp3) is 0.214. The highest BCUT2D eigenvalue weighted by Crippen LogP contribution is 2.06. The van der Waals surface area contributed by atoms with Gasteiger partial charge in [0.05, 0.1) is 18.2 Å². The summed E-state index contributed by atoms with van der Waals surface area (Å²) in [5.41, 5.74) is 1.42. The molecule has 19 heavy (non-hydrogen) atoms. The zero-order chi connectivity index (χ0) is 13.7. The number of hydrogen-bond acceptors (Lipinski definition) is 3. The maximum Gasteiger partial charge on any atom is 0.247 e. The fourth-order valence-electron chi connectivity index (χ4n) is 1.77. The third-order valence-corrected chi connectivity index (χ3v) is 2.81. The number of carbonyl (C=O) groups excluding carboxylic acids is 2. The van der Waals surface area contributed by atoms with E-state index in [1.54, 1.807) is 30.3 Å². The largest absolute Gasteiger partial charge is 0.353 e. The minimum atomic E-state index is -0.181. The molecule has 1 heterocycles. The van der Waals surface area contributed by atoms with Crippen molar-refractivity contribution in [2.75, 3.05) is 19.6 Å². The normalized spacial score (nSPS) is 15.1. The SMILES string of the molecule is N#Cc1ccc(C=CC(=O)N2CCNC(=O)C2)cc1. The average molecular weight is 255 g/mol. The first-order valence-corrected chi connectivity index (χ1v) is 5.93. The minimum absolute atomic E-state index is 0.108. The van der Waals surface area contributed by atoms with E-state index in [4.69, 9.17) is 5.26 Å². The summed E-state index contributed by atoms with van der Waals surface area (Å²) in [5, 5.41) is 11.3. The molecule has 0 aliphatic carbocycles. The Balaban J connectivity index is 1.99. The number of hydrogen-bond donors (Lipinski definition) is 1. The molecule has 0 radical (unpaired) electrons. The number of nitriles is 1. The Morgan fingerprint density at radius 1 is 1.37 bits per heavy atom. The van der Waals surface area contributed by atoms with Crippen molar-refractivity contribution in [3.63, 3.8) is 0 Å². The number of benzene rings is 1. The van der Waals surface area contributed by atoms with Crippen molar-refractivity contribution in [2.45, 2.75) is 0 Å². The van der Waals surface area contributed by atoms with Crippen molar-refractivity contribution in [1.82, 2.24) is 10.2 Å². The standard InChI is InChI=1S/C14H13N3O2/c15-9-12-3-1-11(2-4-12)5-6-14(19)17-8-7-16-13(18)10-17/h1-6H,7-8,10H2,(H,16,18). The molecule has 2 rings (SSSR count). The molecule has 0 spiro atoms. The van der Waals surface area contributed by atoms with E-state index < -0.39 is 0 Å². The van der Waals surface area contributed by atoms with Gasteiger partial charge in [-0.3, -0.25) is 9.59 Å². The Morgan fingerprint density at radius 2 is 2.11 bits per heavy atom. The highest BCUT2D eigenvalue weighted by Gasteiger charge is 2.18. The molecule has 5 heteroatoms. The Bertz CT molecular complexity index is 555. The predicted octanol–water partition coefficient (Wildman–Crippen LogP) is 0.530. The minimum Gasteiger partial charge on any atom is -0.353 e. The van der Waals surface area contributed by atoms with Gasteiger partial charge in [0.2, 0.25) is 11.8 Å². The first-order valence-electron chi connectivity index (χ1n) is 5.93. The molecule has 0 bridgehead atoms. The van der Waals surface area contributed by atoms with Crippen LogP contribution >= 0.6 is 0 Å². The van der Waals surface area contributed by atoms with Gasteiger partial charge in [0.1, 0.15) is 0 Å². The molecule has 1 aromatic rings. The summed E-state index contributed by atoms with van der Waals surface area (Å²) in [4.78, 5) is 24.5. The third kappa shape index (κ3) is 3.42. The van der Waals surface area contributed by atoms with E-state index in [-0.39, 0.29) is 18.4 Å². The third-order valence-electron chi connectivity index (χ3n) is 2.81. The number of amides is 2. The van der Waals surface area contributed by atoms with Crippen LogP contribution in [-0.2, 0) is 9.59 Å². The van der Waals surface area contributed by atoms with Gasteiger partial charge in [-0.25, -0.2) is 0 Å². The molecule has 5 nitrogen and oxygen atoms in total. The van der Waals surface area contributed by atoms with Crippen molar-refractivity contribution in [3.05, 3.63) is 41.5 Å². The van der Waals surface area contributed by atoms with E-state index in [2.05, 4.69) is 5.32 Å². The lowest BCUT2D eigenvalue weighted by atomic mass is 10.1. The van der Waals surface area contributed by atoms with Gasteiger partial charge in [-0.05, 0) is 23.8 Å². The number of piperazine rings is 1. The predicted molar refractivity (Wildman–Crippen MR) is 69.8 cm³/mol. The zero-order valence-electron chi connectivity index (χ0n) is 10.3. The molecule has 0 unspecified atom stereocenters. The van der Waals surface area contributed by atoms with E-state index >= 15 is 0 Å². The molecule has 1 saturated heterocycles. The first kappa shape index (κ1) is 12.8. The molecule has 1 N–H and O–H groups in total. The number of nitrogens with zero attached hydrogens (tertiary/aromatic N) is 2. The Morgan fingerprint density at radius 3 is 2.74 bits per heavy atom. The lowest BCUT2D eigenvalue weighted by Gasteiger charge is -2.25. The molecule has 1 aliphatic heterocycles. The molecule has 0 saturated carbocycles. The monoisotopic (exact) mass is 255 g/mol. The van der Waals surface area contributed by atoms with E-state index in [1.165, 1.54) is 11.0 Å². The van der Waals surface area contributed by atoms with Gasteiger partial charge in [-0.1, -0.05) is 12.1 Å². The first-order chi connectivity index (χ1) is 9.19. The maximum absolute atomic E-state index is 11.8. The summed E-state index contributed by atoms with van der Waals surface area (Å²) >= 11 is 0. The number of rotatable bonds is 2. The topological polar surface area (TPSA) is 73.2 Å². The quantitative estimate of drug-likeness (QED) is 0.783. The second-order valence-corrected chi connectivity index (χ2v) is 4.18. The van der Waals surface area contributed by atoms with Gasteiger partial charge < -0.3 is 10.2 Å². The van der Waals surface area contributed by atoms with Crippen LogP contribution in [0.1, 0.15) is 11.1 Å². The van der Waals surface area contributed by atoms with E-state index in [0.29, 0.717) is 18.7 Å². The molecular formula is C14H13N3O2. The van der Waals surface area contributed by atoms with Crippen molar-refractivity contribution in [2.24, 2.45) is 0 Å². The van der Waals surface area contributed by atoms with Crippen molar-refractivity contribution in [1.29, 1.82) is 5.26 Å². The van der Waals surface area contributed by atoms with Gasteiger partial charge in [-0.15, -0.1) is 0 Å². The van der Waals surface area contributed by atoms with Crippen LogP contribution in [0.5, 0.6) is 0 Å². The molecule has 1 aromatic carbocycles. The summed E-state index contributed by atoms with van der Waals surface area (Å²) in [6, 6.07) is 8.96. The Hall–Kier alpha value is -2.61. The molecule has 2 amide bonds. The highest BCUT2D eigenvalue weighted by molar-refractivity contribution is 5.94. The second kappa shape index (κ2) is 5.83. The Kier molecular flexibility index (Phi) is 3.94. The summed E-state index contributed by atoms with van der Waals surface area (Å²) in [7, 11) is 0. The second-order valence-electron chi connectivity index (χ2n) is 4.18. The summed E-state index contributed by atoms with van der Waals surface area (Å²) in [6.45, 7) is 1.13. The summed E-state index contributed by atoms with van der Waals surface area (Å²) < 4.78 is 0. The summed E-state index contributed by atoms with van der Waals surface area (Å²) in [6.07, 6.45) is 3.12. The molecular weight excluding hydrogens is 242 g/mol. The smallest absolute Gasteiger partial charge is 0.247 e. The van der Waals surface area contributed by atoms with Gasteiger partial charge in [0, 0.05) is 19.2 Å². The van der Waals surface area contributed by atoms with Crippen molar-refractivity contribution in [3.8, 4) is 6.07 Å². The van der Waals surface area contributed by atoms with E-state index in [0.717, 1.165) is 5.56 Å². The van der Waals surface area contributed by atoms with E-state index in [1.807, 2.05) is 6.07 Å². The number of carbonyl (C=O) groups is 2. The summed E-state index contributed by atoms with van der Waals surface area (Å²) in [5.74, 6) is -0.314. The van der Waals surface area contributed by atoms with Crippen LogP contribution in [0.4, 0.5) is 0 Å². The van der Waals surface area contributed by atoms with Gasteiger partial charge in [-0.2, -0.15) is 5.26 Å². The van der Waals surface area contributed by atoms with Crippen LogP contribution in [0.3, 0.4) is 0 Å². The van der Waals surface area contributed by atoms with Gasteiger partial charge in [0.15, 0.2) is 0 Å². The molecule has 1 fully saturated rings. The van der Waals surface area contributed by atoms with Crippen molar-refractivity contribution < 1.29 is 9.59 Å². The lowest BCUT2D eigenvalue weighted by Crippen LogP contribution is -2.49. The zero-order valence-corrected chi connectivity index (χ0v) is 10.3. The van der Waals surface area contributed by atoms with E-state index in [9.17, 15) is 9.59 Å². The van der Waals surface area contributed by atoms with Crippen LogP contribution in [-0.4, -0.2) is 36.3 Å². The van der Waals surface area contributed by atoms with Crippen LogP contribution in [0.2, 0.25) is 0 Å². The lowest BCUT2D eigenvalue weighted by molar-refractivity contribution is -0.134. The molecule has 0 aromatic heterocycles. The maximum atomic E-state index is 11.8. The molecule has 96 valence electrons.